The number of imide groups is 1. The number of ether oxygens (including phenoxy) is 2. The van der Waals surface area contributed by atoms with Crippen LogP contribution in [0.3, 0.4) is 0 Å². The number of imidazole rings is 1. The predicted molar refractivity (Wildman–Crippen MR) is 152 cm³/mol. The van der Waals surface area contributed by atoms with Gasteiger partial charge in [-0.15, -0.1) is 0 Å². The van der Waals surface area contributed by atoms with Gasteiger partial charge in [0.15, 0.2) is 5.82 Å². The first-order valence-corrected chi connectivity index (χ1v) is 13.8. The Morgan fingerprint density at radius 3 is 2.58 bits per heavy atom. The normalized spacial score (nSPS) is 13.7. The Labute approximate surface area is 233 Å². The van der Waals surface area contributed by atoms with Gasteiger partial charge in [0, 0.05) is 43.7 Å². The maximum atomic E-state index is 12.3. The number of nitrogens with zero attached hydrogens (tertiary/aromatic N) is 4. The summed E-state index contributed by atoms with van der Waals surface area (Å²) in [6, 6.07) is 7.84. The van der Waals surface area contributed by atoms with Crippen molar-refractivity contribution in [2.45, 2.75) is 65.2 Å². The number of nitrogens with two attached hydrogens (primary N) is 1. The van der Waals surface area contributed by atoms with E-state index in [1.165, 1.54) is 17.1 Å². The highest BCUT2D eigenvalue weighted by Gasteiger charge is 2.25. The lowest BCUT2D eigenvalue weighted by molar-refractivity contribution is -0.137. The molecule has 0 aliphatic carbocycles. The third-order valence-electron chi connectivity index (χ3n) is 6.77. The van der Waals surface area contributed by atoms with Crippen LogP contribution in [0.1, 0.15) is 52.3 Å². The molecule has 0 bridgehead atoms. The van der Waals surface area contributed by atoms with Crippen LogP contribution in [0.15, 0.2) is 36.4 Å². The number of unbranched alkanes of at least 4 members (excludes halogenated alkanes) is 2. The first kappa shape index (κ1) is 29.2. The maximum Gasteiger partial charge on any atom is 0.253 e. The predicted octanol–water partition coefficient (Wildman–Crippen LogP) is 3.10. The molecule has 0 saturated carbocycles. The number of para-hydroxylation sites is 1. The molecule has 0 fully saturated rings. The Hall–Kier alpha value is -3.83. The van der Waals surface area contributed by atoms with E-state index in [1.807, 2.05) is 45.0 Å². The van der Waals surface area contributed by atoms with Gasteiger partial charge in [-0.2, -0.15) is 0 Å². The second-order valence-electron chi connectivity index (χ2n) is 10.4. The fraction of sp³-hybridized carbons (Fsp3) is 0.483. The summed E-state index contributed by atoms with van der Waals surface area (Å²) in [6.45, 7) is 8.48. The quantitative estimate of drug-likeness (QED) is 0.217. The minimum Gasteiger partial charge on any atom is -0.382 e. The lowest BCUT2D eigenvalue weighted by Gasteiger charge is -2.27. The van der Waals surface area contributed by atoms with E-state index in [0.29, 0.717) is 70.1 Å². The number of benzene rings is 1. The maximum absolute atomic E-state index is 12.3. The minimum absolute atomic E-state index is 0.0505. The highest BCUT2D eigenvalue weighted by Crippen LogP contribution is 2.30. The van der Waals surface area contributed by atoms with Crippen LogP contribution in [0.4, 0.5) is 5.82 Å². The molecule has 4 rings (SSSR count). The molecule has 0 unspecified atom stereocenters. The van der Waals surface area contributed by atoms with Crippen molar-refractivity contribution in [1.29, 1.82) is 0 Å². The number of nitrogen functional groups attached to an aromatic ring is 1. The fourth-order valence-corrected chi connectivity index (χ4v) is 4.80. The second-order valence-corrected chi connectivity index (χ2v) is 10.4. The number of pyridine rings is 1. The molecule has 3 heterocycles. The van der Waals surface area contributed by atoms with Crippen LogP contribution >= 0.6 is 0 Å². The van der Waals surface area contributed by atoms with Gasteiger partial charge in [-0.1, -0.05) is 24.6 Å². The van der Waals surface area contributed by atoms with Crippen molar-refractivity contribution >= 4 is 45.5 Å². The molecule has 0 radical (unpaired) electrons. The summed E-state index contributed by atoms with van der Waals surface area (Å²) in [4.78, 5) is 45.9. The number of fused-ring (bicyclic) bond motifs is 3. The topological polar surface area (TPSA) is 142 Å². The summed E-state index contributed by atoms with van der Waals surface area (Å²) >= 11 is 0. The first-order valence-electron chi connectivity index (χ1n) is 13.8. The third kappa shape index (κ3) is 7.02. The number of rotatable bonds is 15. The Bertz CT molecular complexity index is 1390. The molecular formula is C29H38N6O5. The van der Waals surface area contributed by atoms with Gasteiger partial charge in [-0.25, -0.2) is 9.97 Å². The second kappa shape index (κ2) is 13.0. The molecule has 0 atom stereocenters. The molecule has 214 valence electrons. The Balaban J connectivity index is 1.28. The van der Waals surface area contributed by atoms with Crippen molar-refractivity contribution in [3.63, 3.8) is 0 Å². The lowest BCUT2D eigenvalue weighted by atomic mass is 10.1. The molecule has 1 aliphatic rings. The summed E-state index contributed by atoms with van der Waals surface area (Å²) in [5.74, 6) is 0.535. The smallest absolute Gasteiger partial charge is 0.253 e. The molecule has 11 heteroatoms. The largest absolute Gasteiger partial charge is 0.382 e. The van der Waals surface area contributed by atoms with E-state index in [4.69, 9.17) is 20.2 Å². The number of amides is 3. The number of carbonyl (C=O) groups excluding carboxylic acids is 3. The highest BCUT2D eigenvalue weighted by molar-refractivity contribution is 6.12. The molecule has 1 aromatic carbocycles. The average Bonchev–Trinajstić information content (AvgIpc) is 3.44. The van der Waals surface area contributed by atoms with E-state index in [2.05, 4.69) is 14.9 Å². The van der Waals surface area contributed by atoms with Crippen molar-refractivity contribution < 1.29 is 23.9 Å². The first-order chi connectivity index (χ1) is 19.2. The zero-order valence-corrected chi connectivity index (χ0v) is 23.4. The van der Waals surface area contributed by atoms with E-state index in [9.17, 15) is 14.4 Å². The highest BCUT2D eigenvalue weighted by atomic mass is 16.5. The Kier molecular flexibility index (Phi) is 9.49. The van der Waals surface area contributed by atoms with E-state index in [-0.39, 0.29) is 17.7 Å². The van der Waals surface area contributed by atoms with E-state index in [1.54, 1.807) is 0 Å². The van der Waals surface area contributed by atoms with Gasteiger partial charge in [-0.3, -0.25) is 19.3 Å². The molecule has 3 aromatic rings. The number of hydrogen-bond donors (Lipinski definition) is 2. The Morgan fingerprint density at radius 1 is 1.07 bits per heavy atom. The number of aromatic nitrogens is 3. The zero-order valence-electron chi connectivity index (χ0n) is 23.4. The summed E-state index contributed by atoms with van der Waals surface area (Å²) < 4.78 is 14.0. The van der Waals surface area contributed by atoms with Crippen molar-refractivity contribution in [3.05, 3.63) is 42.2 Å². The van der Waals surface area contributed by atoms with Crippen molar-refractivity contribution in [3.8, 4) is 0 Å². The molecule has 0 spiro atoms. The molecule has 1 aliphatic heterocycles. The Morgan fingerprint density at radius 2 is 1.82 bits per heavy atom. The molecule has 3 N–H and O–H groups in total. The van der Waals surface area contributed by atoms with Crippen LogP contribution < -0.4 is 11.1 Å². The van der Waals surface area contributed by atoms with Gasteiger partial charge in [0.2, 0.25) is 5.91 Å². The number of nitrogens with one attached hydrogen (secondary N) is 1. The van der Waals surface area contributed by atoms with Crippen molar-refractivity contribution in [2.75, 3.05) is 32.0 Å². The van der Waals surface area contributed by atoms with Crippen LogP contribution in [-0.2, 0) is 37.0 Å². The molecule has 11 nitrogen and oxygen atoms in total. The molecule has 0 saturated heterocycles. The summed E-state index contributed by atoms with van der Waals surface area (Å²) in [5.41, 5.74) is 8.06. The third-order valence-corrected chi connectivity index (χ3v) is 6.77. The van der Waals surface area contributed by atoms with Gasteiger partial charge in [-0.05, 0) is 39.7 Å². The SMILES string of the molecule is CCOCc1nc2c(N)nc3ccccc3c2n1CC(C)(C)OCCNC(=O)CCCCCN1C(=O)C=CC1=O. The number of carbonyl (C=O) groups is 3. The number of hydrogen-bond acceptors (Lipinski definition) is 8. The van der Waals surface area contributed by atoms with Gasteiger partial charge < -0.3 is 25.1 Å². The van der Waals surface area contributed by atoms with E-state index < -0.39 is 5.60 Å². The van der Waals surface area contributed by atoms with Crippen LogP contribution in [0.5, 0.6) is 0 Å². The average molecular weight is 551 g/mol. The van der Waals surface area contributed by atoms with Gasteiger partial charge >= 0.3 is 0 Å². The van der Waals surface area contributed by atoms with Crippen molar-refractivity contribution in [1.82, 2.24) is 24.8 Å². The molecular weight excluding hydrogens is 512 g/mol. The van der Waals surface area contributed by atoms with Crippen LogP contribution in [0, 0.1) is 0 Å². The molecule has 40 heavy (non-hydrogen) atoms. The summed E-state index contributed by atoms with van der Waals surface area (Å²) in [7, 11) is 0. The summed E-state index contributed by atoms with van der Waals surface area (Å²) in [6.07, 6.45) is 5.07. The lowest BCUT2D eigenvalue weighted by Crippen LogP contribution is -2.35. The standard InChI is InChI=1S/C29H38N6O5/c1-4-39-18-22-33-26-27(20-10-7-8-11-21(20)32-28(26)30)35(22)19-29(2,3)40-17-15-31-23(36)12-6-5-9-16-34-24(37)13-14-25(34)38/h7-8,10-11,13-14H,4-6,9,12,15-19H2,1-3H3,(H2,30,32)(H,31,36). The van der Waals surface area contributed by atoms with E-state index >= 15 is 0 Å². The fourth-order valence-electron chi connectivity index (χ4n) is 4.80. The zero-order chi connectivity index (χ0) is 28.7. The minimum atomic E-state index is -0.572. The van der Waals surface area contributed by atoms with Crippen LogP contribution in [0.25, 0.3) is 21.9 Å². The monoisotopic (exact) mass is 550 g/mol. The van der Waals surface area contributed by atoms with Gasteiger partial charge in [0.1, 0.15) is 17.9 Å². The summed E-state index contributed by atoms with van der Waals surface area (Å²) in [5, 5.41) is 3.86. The van der Waals surface area contributed by atoms with Crippen LogP contribution in [0.2, 0.25) is 0 Å². The van der Waals surface area contributed by atoms with Gasteiger partial charge in [0.05, 0.1) is 29.8 Å². The van der Waals surface area contributed by atoms with Gasteiger partial charge in [0.25, 0.3) is 11.8 Å². The molecule has 3 amide bonds. The van der Waals surface area contributed by atoms with Crippen molar-refractivity contribution in [2.24, 2.45) is 0 Å². The van der Waals surface area contributed by atoms with E-state index in [0.717, 1.165) is 28.7 Å². The molecule has 2 aromatic heterocycles. The van der Waals surface area contributed by atoms with Crippen LogP contribution in [-0.4, -0.2) is 69.1 Å². The number of anilines is 1.